The Morgan fingerprint density at radius 3 is 3.11 bits per heavy atom. The van der Waals surface area contributed by atoms with Gasteiger partial charge < -0.3 is 10.1 Å². The Kier molecular flexibility index (Phi) is 4.55. The molecule has 18 heavy (non-hydrogen) atoms. The minimum absolute atomic E-state index is 0.609. The molecule has 1 aliphatic heterocycles. The molecule has 0 bridgehead atoms. The molecule has 0 radical (unpaired) electrons. The smallest absolute Gasteiger partial charge is 0.213 e. The van der Waals surface area contributed by atoms with Gasteiger partial charge in [0.15, 0.2) is 0 Å². The van der Waals surface area contributed by atoms with E-state index in [-0.39, 0.29) is 0 Å². The second-order valence-electron chi connectivity index (χ2n) is 5.19. The molecule has 1 fully saturated rings. The topological polar surface area (TPSA) is 37.4 Å². The standard InChI is InChI=1S/C14H23N3O/c1-11(2)13-9-15-6-7-17(13)10-12-4-5-16-14(8-12)18-3/h4-5,8,11,13,15H,6-7,9-10H2,1-3H3. The van der Waals surface area contributed by atoms with Crippen molar-refractivity contribution in [1.82, 2.24) is 15.2 Å². The summed E-state index contributed by atoms with van der Waals surface area (Å²) < 4.78 is 5.18. The first-order valence-corrected chi connectivity index (χ1v) is 6.64. The third-order valence-electron chi connectivity index (χ3n) is 3.56. The van der Waals surface area contributed by atoms with Gasteiger partial charge in [0.1, 0.15) is 0 Å². The van der Waals surface area contributed by atoms with Crippen molar-refractivity contribution in [2.24, 2.45) is 5.92 Å². The van der Waals surface area contributed by atoms with Gasteiger partial charge in [-0.15, -0.1) is 0 Å². The predicted octanol–water partition coefficient (Wildman–Crippen LogP) is 1.52. The van der Waals surface area contributed by atoms with Crippen molar-refractivity contribution < 1.29 is 4.74 Å². The Morgan fingerprint density at radius 2 is 2.39 bits per heavy atom. The molecule has 1 saturated heterocycles. The Balaban J connectivity index is 2.05. The summed E-state index contributed by atoms with van der Waals surface area (Å²) in [5, 5.41) is 3.48. The molecule has 100 valence electrons. The van der Waals surface area contributed by atoms with Gasteiger partial charge in [0.2, 0.25) is 5.88 Å². The monoisotopic (exact) mass is 249 g/mol. The highest BCUT2D eigenvalue weighted by atomic mass is 16.5. The van der Waals surface area contributed by atoms with Crippen molar-refractivity contribution in [2.45, 2.75) is 26.4 Å². The van der Waals surface area contributed by atoms with Gasteiger partial charge in [0.05, 0.1) is 7.11 Å². The number of pyridine rings is 1. The molecule has 0 aromatic carbocycles. The van der Waals surface area contributed by atoms with Crippen LogP contribution in [0.1, 0.15) is 19.4 Å². The second-order valence-corrected chi connectivity index (χ2v) is 5.19. The summed E-state index contributed by atoms with van der Waals surface area (Å²) in [6, 6.07) is 4.71. The van der Waals surface area contributed by atoms with Crippen LogP contribution in [0.5, 0.6) is 5.88 Å². The molecule has 1 N–H and O–H groups in total. The maximum Gasteiger partial charge on any atom is 0.213 e. The van der Waals surface area contributed by atoms with Crippen LogP contribution >= 0.6 is 0 Å². The lowest BCUT2D eigenvalue weighted by molar-refractivity contribution is 0.117. The number of methoxy groups -OCH3 is 1. The van der Waals surface area contributed by atoms with Gasteiger partial charge in [-0.3, -0.25) is 4.90 Å². The fourth-order valence-electron chi connectivity index (χ4n) is 2.52. The highest BCUT2D eigenvalue weighted by Crippen LogP contribution is 2.17. The zero-order valence-electron chi connectivity index (χ0n) is 11.5. The molecule has 4 nitrogen and oxygen atoms in total. The largest absolute Gasteiger partial charge is 0.481 e. The van der Waals surface area contributed by atoms with Gasteiger partial charge in [-0.1, -0.05) is 13.8 Å². The van der Waals surface area contributed by atoms with Crippen LogP contribution in [0.15, 0.2) is 18.3 Å². The summed E-state index contributed by atoms with van der Waals surface area (Å²) in [5.74, 6) is 1.37. The van der Waals surface area contributed by atoms with Gasteiger partial charge in [0.25, 0.3) is 0 Å². The van der Waals surface area contributed by atoms with Crippen LogP contribution in [0.4, 0.5) is 0 Å². The number of hydrogen-bond acceptors (Lipinski definition) is 4. The van der Waals surface area contributed by atoms with Crippen molar-refractivity contribution >= 4 is 0 Å². The van der Waals surface area contributed by atoms with Crippen molar-refractivity contribution in [3.8, 4) is 5.88 Å². The van der Waals surface area contributed by atoms with Crippen LogP contribution in [-0.4, -0.2) is 42.7 Å². The Hall–Kier alpha value is -1.13. The van der Waals surface area contributed by atoms with Crippen molar-refractivity contribution in [3.63, 3.8) is 0 Å². The Labute approximate surface area is 109 Å². The van der Waals surface area contributed by atoms with E-state index in [1.54, 1.807) is 7.11 Å². The van der Waals surface area contributed by atoms with Gasteiger partial charge in [-0.2, -0.15) is 0 Å². The number of nitrogens with one attached hydrogen (secondary N) is 1. The number of ether oxygens (including phenoxy) is 1. The zero-order valence-corrected chi connectivity index (χ0v) is 11.5. The minimum Gasteiger partial charge on any atom is -0.481 e. The SMILES string of the molecule is COc1cc(CN2CCNCC2C(C)C)ccn1. The van der Waals surface area contributed by atoms with E-state index in [4.69, 9.17) is 4.74 Å². The van der Waals surface area contributed by atoms with E-state index in [2.05, 4.69) is 35.1 Å². The lowest BCUT2D eigenvalue weighted by atomic mass is 10.00. The lowest BCUT2D eigenvalue weighted by Gasteiger charge is -2.38. The first kappa shape index (κ1) is 13.3. The first-order valence-electron chi connectivity index (χ1n) is 6.64. The van der Waals surface area contributed by atoms with Gasteiger partial charge in [-0.05, 0) is 17.5 Å². The van der Waals surface area contributed by atoms with Gasteiger partial charge >= 0.3 is 0 Å². The van der Waals surface area contributed by atoms with E-state index in [1.807, 2.05) is 12.3 Å². The molecule has 0 spiro atoms. The van der Waals surface area contributed by atoms with Crippen LogP contribution in [0.2, 0.25) is 0 Å². The second kappa shape index (κ2) is 6.16. The molecule has 0 aliphatic carbocycles. The van der Waals surface area contributed by atoms with E-state index < -0.39 is 0 Å². The number of hydrogen-bond donors (Lipinski definition) is 1. The maximum atomic E-state index is 5.18. The quantitative estimate of drug-likeness (QED) is 0.878. The number of piperazine rings is 1. The zero-order chi connectivity index (χ0) is 13.0. The van der Waals surface area contributed by atoms with E-state index in [9.17, 15) is 0 Å². The minimum atomic E-state index is 0.609. The third kappa shape index (κ3) is 3.21. The molecular formula is C14H23N3O. The molecule has 1 atom stereocenters. The maximum absolute atomic E-state index is 5.18. The van der Waals surface area contributed by atoms with E-state index in [1.165, 1.54) is 5.56 Å². The molecule has 0 amide bonds. The molecule has 1 unspecified atom stereocenters. The average Bonchev–Trinajstić information content (AvgIpc) is 2.39. The third-order valence-corrected chi connectivity index (χ3v) is 3.56. The van der Waals surface area contributed by atoms with E-state index >= 15 is 0 Å². The summed E-state index contributed by atoms with van der Waals surface area (Å²) in [4.78, 5) is 6.70. The number of nitrogens with zero attached hydrogens (tertiary/aromatic N) is 2. The molecule has 1 aliphatic rings. The molecule has 1 aromatic heterocycles. The van der Waals surface area contributed by atoms with Crippen molar-refractivity contribution in [1.29, 1.82) is 0 Å². The normalized spacial score (nSPS) is 21.2. The summed E-state index contributed by atoms with van der Waals surface area (Å²) in [7, 11) is 1.66. The van der Waals surface area contributed by atoms with Crippen LogP contribution in [0, 0.1) is 5.92 Å². The molecule has 4 heteroatoms. The fourth-order valence-corrected chi connectivity index (χ4v) is 2.52. The molecule has 1 aromatic rings. The van der Waals surface area contributed by atoms with E-state index in [0.717, 1.165) is 26.2 Å². The van der Waals surface area contributed by atoms with Crippen molar-refractivity contribution in [3.05, 3.63) is 23.9 Å². The highest BCUT2D eigenvalue weighted by Gasteiger charge is 2.24. The summed E-state index contributed by atoms with van der Waals surface area (Å²) in [6.45, 7) is 8.82. The van der Waals surface area contributed by atoms with Gasteiger partial charge in [-0.25, -0.2) is 4.98 Å². The van der Waals surface area contributed by atoms with Crippen molar-refractivity contribution in [2.75, 3.05) is 26.7 Å². The van der Waals surface area contributed by atoms with Crippen LogP contribution < -0.4 is 10.1 Å². The number of aromatic nitrogens is 1. The molecule has 2 rings (SSSR count). The van der Waals surface area contributed by atoms with Crippen LogP contribution in [0.25, 0.3) is 0 Å². The molecule has 2 heterocycles. The van der Waals surface area contributed by atoms with Gasteiger partial charge in [0, 0.05) is 44.5 Å². The average molecular weight is 249 g/mol. The fraction of sp³-hybridized carbons (Fsp3) is 0.643. The summed E-state index contributed by atoms with van der Waals surface area (Å²) >= 11 is 0. The number of rotatable bonds is 4. The Morgan fingerprint density at radius 1 is 1.56 bits per heavy atom. The molecular weight excluding hydrogens is 226 g/mol. The predicted molar refractivity (Wildman–Crippen MR) is 72.7 cm³/mol. The van der Waals surface area contributed by atoms with E-state index in [0.29, 0.717) is 17.8 Å². The summed E-state index contributed by atoms with van der Waals surface area (Å²) in [6.07, 6.45) is 1.82. The Bertz CT molecular complexity index is 381. The van der Waals surface area contributed by atoms with Crippen LogP contribution in [0.3, 0.4) is 0 Å². The molecule has 0 saturated carbocycles. The first-order chi connectivity index (χ1) is 8.70. The van der Waals surface area contributed by atoms with Crippen LogP contribution in [-0.2, 0) is 6.54 Å². The summed E-state index contributed by atoms with van der Waals surface area (Å²) in [5.41, 5.74) is 1.27. The lowest BCUT2D eigenvalue weighted by Crippen LogP contribution is -2.52. The highest BCUT2D eigenvalue weighted by molar-refractivity contribution is 5.20.